The van der Waals surface area contributed by atoms with Crippen molar-refractivity contribution in [1.82, 2.24) is 10.2 Å². The van der Waals surface area contributed by atoms with Crippen LogP contribution in [0, 0.1) is 5.82 Å². The molecule has 0 bridgehead atoms. The fourth-order valence-electron chi connectivity index (χ4n) is 3.39. The molecule has 3 rings (SSSR count). The molecular weight excluding hydrogens is 379 g/mol. The Balaban J connectivity index is 1.88. The highest BCUT2D eigenvalue weighted by molar-refractivity contribution is 7.14. The summed E-state index contributed by atoms with van der Waals surface area (Å²) in [4.78, 5) is 41.1. The van der Waals surface area contributed by atoms with Crippen molar-refractivity contribution < 1.29 is 18.8 Å². The summed E-state index contributed by atoms with van der Waals surface area (Å²) >= 11 is 1.38. The molecule has 0 aliphatic carbocycles. The molecule has 1 fully saturated rings. The van der Waals surface area contributed by atoms with E-state index < -0.39 is 23.3 Å². The number of Topliss-reactive ketones (excluding diaryl/α,β-unsaturated/α-hetero) is 1. The molecule has 0 saturated carbocycles. The third kappa shape index (κ3) is 3.71. The van der Waals surface area contributed by atoms with Gasteiger partial charge in [0.1, 0.15) is 11.4 Å². The van der Waals surface area contributed by atoms with Crippen LogP contribution in [0.2, 0.25) is 0 Å². The van der Waals surface area contributed by atoms with Gasteiger partial charge in [-0.3, -0.25) is 14.5 Å². The number of benzene rings is 1. The van der Waals surface area contributed by atoms with Crippen LogP contribution >= 0.6 is 11.3 Å². The second-order valence-electron chi connectivity index (χ2n) is 6.88. The van der Waals surface area contributed by atoms with Gasteiger partial charge in [0.2, 0.25) is 0 Å². The van der Waals surface area contributed by atoms with E-state index >= 15 is 0 Å². The number of halogens is 1. The first-order valence-electron chi connectivity index (χ1n) is 9.43. The van der Waals surface area contributed by atoms with Crippen LogP contribution in [0.1, 0.15) is 53.2 Å². The van der Waals surface area contributed by atoms with Crippen molar-refractivity contribution in [1.29, 1.82) is 0 Å². The highest BCUT2D eigenvalue weighted by Crippen LogP contribution is 2.34. The molecule has 2 heterocycles. The van der Waals surface area contributed by atoms with Gasteiger partial charge in [0.15, 0.2) is 5.78 Å². The second kappa shape index (κ2) is 8.22. The van der Waals surface area contributed by atoms with Crippen molar-refractivity contribution in [3.63, 3.8) is 0 Å². The fourth-order valence-corrected chi connectivity index (χ4v) is 4.27. The number of rotatable bonds is 8. The van der Waals surface area contributed by atoms with Gasteiger partial charge in [0.25, 0.3) is 5.91 Å². The molecule has 5 nitrogen and oxygen atoms in total. The maximum absolute atomic E-state index is 13.4. The predicted octanol–water partition coefficient (Wildman–Crippen LogP) is 4.27. The SMILES string of the molecule is CCCC[C@@]1(c2ccc(F)cc2)NC(=O)N(CC(=O)c2ccc(CC)s2)C1=O. The average Bonchev–Trinajstić information content (AvgIpc) is 3.26. The zero-order chi connectivity index (χ0) is 20.3. The van der Waals surface area contributed by atoms with Gasteiger partial charge in [-0.05, 0) is 42.7 Å². The summed E-state index contributed by atoms with van der Waals surface area (Å²) in [6, 6.07) is 8.60. The highest BCUT2D eigenvalue weighted by Gasteiger charge is 2.52. The van der Waals surface area contributed by atoms with Gasteiger partial charge < -0.3 is 5.32 Å². The molecule has 1 aromatic carbocycles. The number of unbranched alkanes of at least 4 members (excludes halogenated alkanes) is 1. The summed E-state index contributed by atoms with van der Waals surface area (Å²) < 4.78 is 13.4. The zero-order valence-electron chi connectivity index (χ0n) is 16.0. The fraction of sp³-hybridized carbons (Fsp3) is 0.381. The van der Waals surface area contributed by atoms with Crippen LogP contribution in [0.5, 0.6) is 0 Å². The first-order chi connectivity index (χ1) is 13.4. The molecule has 1 aliphatic rings. The lowest BCUT2D eigenvalue weighted by Crippen LogP contribution is -2.44. The van der Waals surface area contributed by atoms with Crippen LogP contribution in [0.25, 0.3) is 0 Å². The molecule has 0 spiro atoms. The Morgan fingerprint density at radius 1 is 1.14 bits per heavy atom. The van der Waals surface area contributed by atoms with Gasteiger partial charge in [-0.1, -0.05) is 38.8 Å². The summed E-state index contributed by atoms with van der Waals surface area (Å²) in [7, 11) is 0. The van der Waals surface area contributed by atoms with E-state index in [1.807, 2.05) is 19.9 Å². The molecule has 0 unspecified atom stereocenters. The van der Waals surface area contributed by atoms with E-state index in [2.05, 4.69) is 5.32 Å². The maximum Gasteiger partial charge on any atom is 0.325 e. The molecular formula is C21H23FN2O3S. The van der Waals surface area contributed by atoms with E-state index in [1.54, 1.807) is 6.07 Å². The molecule has 28 heavy (non-hydrogen) atoms. The van der Waals surface area contributed by atoms with Crippen molar-refractivity contribution >= 4 is 29.1 Å². The van der Waals surface area contributed by atoms with Crippen molar-refractivity contribution in [2.45, 2.75) is 45.1 Å². The van der Waals surface area contributed by atoms with Crippen molar-refractivity contribution in [2.75, 3.05) is 6.54 Å². The van der Waals surface area contributed by atoms with Gasteiger partial charge in [0, 0.05) is 4.88 Å². The number of hydrogen-bond acceptors (Lipinski definition) is 4. The van der Waals surface area contributed by atoms with Crippen LogP contribution in [0.15, 0.2) is 36.4 Å². The number of aryl methyl sites for hydroxylation is 1. The first kappa shape index (κ1) is 20.2. The molecule has 1 aliphatic heterocycles. The van der Waals surface area contributed by atoms with E-state index in [0.29, 0.717) is 23.3 Å². The summed E-state index contributed by atoms with van der Waals surface area (Å²) in [5.74, 6) is -1.14. The molecule has 0 radical (unpaired) electrons. The number of urea groups is 1. The van der Waals surface area contributed by atoms with Crippen LogP contribution < -0.4 is 5.32 Å². The maximum atomic E-state index is 13.4. The highest BCUT2D eigenvalue weighted by atomic mass is 32.1. The Kier molecular flexibility index (Phi) is 5.93. The smallest absolute Gasteiger partial charge is 0.319 e. The molecule has 1 N–H and O–H groups in total. The number of nitrogens with zero attached hydrogens (tertiary/aromatic N) is 1. The van der Waals surface area contributed by atoms with Gasteiger partial charge in [-0.25, -0.2) is 9.18 Å². The summed E-state index contributed by atoms with van der Waals surface area (Å²) in [6.45, 7) is 3.69. The summed E-state index contributed by atoms with van der Waals surface area (Å²) in [6.07, 6.45) is 2.76. The minimum Gasteiger partial charge on any atom is -0.319 e. The Morgan fingerprint density at radius 2 is 1.86 bits per heavy atom. The van der Waals surface area contributed by atoms with Crippen molar-refractivity contribution in [3.8, 4) is 0 Å². The Labute approximate surface area is 167 Å². The molecule has 2 aromatic rings. The largest absolute Gasteiger partial charge is 0.325 e. The van der Waals surface area contributed by atoms with Gasteiger partial charge in [-0.15, -0.1) is 11.3 Å². The molecule has 1 aromatic heterocycles. The van der Waals surface area contributed by atoms with Crippen LogP contribution in [-0.2, 0) is 16.8 Å². The standard InChI is InChI=1S/C21H23FN2O3S/c1-3-5-12-21(14-6-8-15(22)9-7-14)19(26)24(20(27)23-21)13-17(25)18-11-10-16(4-2)28-18/h6-11H,3-5,12-13H2,1-2H3,(H,23,27)/t21-/m0/s1. The monoisotopic (exact) mass is 402 g/mol. The number of ketones is 1. The number of thiophene rings is 1. The van der Waals surface area contributed by atoms with Crippen molar-refractivity contribution in [3.05, 3.63) is 57.5 Å². The Morgan fingerprint density at radius 3 is 2.46 bits per heavy atom. The Hall–Kier alpha value is -2.54. The number of imide groups is 1. The van der Waals surface area contributed by atoms with Gasteiger partial charge in [-0.2, -0.15) is 0 Å². The lowest BCUT2D eigenvalue weighted by molar-refractivity contribution is -0.131. The molecule has 7 heteroatoms. The minimum atomic E-state index is -1.26. The van der Waals surface area contributed by atoms with Gasteiger partial charge >= 0.3 is 6.03 Å². The molecule has 3 amide bonds. The lowest BCUT2D eigenvalue weighted by Gasteiger charge is -2.27. The minimum absolute atomic E-state index is 0.265. The van der Waals surface area contributed by atoms with Gasteiger partial charge in [0.05, 0.1) is 11.4 Å². The molecule has 1 saturated heterocycles. The van der Waals surface area contributed by atoms with E-state index in [4.69, 9.17) is 0 Å². The van der Waals surface area contributed by atoms with E-state index in [1.165, 1.54) is 35.6 Å². The topological polar surface area (TPSA) is 66.5 Å². The van der Waals surface area contributed by atoms with Crippen LogP contribution in [0.3, 0.4) is 0 Å². The average molecular weight is 402 g/mol. The lowest BCUT2D eigenvalue weighted by atomic mass is 9.84. The Bertz CT molecular complexity index is 893. The van der Waals surface area contributed by atoms with Crippen molar-refractivity contribution in [2.24, 2.45) is 0 Å². The number of carbonyl (C=O) groups is 3. The van der Waals surface area contributed by atoms with E-state index in [-0.39, 0.29) is 12.3 Å². The zero-order valence-corrected chi connectivity index (χ0v) is 16.8. The quantitative estimate of drug-likeness (QED) is 0.530. The summed E-state index contributed by atoms with van der Waals surface area (Å²) in [5.41, 5.74) is -0.731. The number of amides is 3. The normalized spacial score (nSPS) is 19.2. The van der Waals surface area contributed by atoms with E-state index in [9.17, 15) is 18.8 Å². The second-order valence-corrected chi connectivity index (χ2v) is 8.05. The van der Waals surface area contributed by atoms with Crippen LogP contribution in [-0.4, -0.2) is 29.2 Å². The third-order valence-electron chi connectivity index (χ3n) is 5.00. The number of carbonyl (C=O) groups excluding carboxylic acids is 3. The number of hydrogen-bond donors (Lipinski definition) is 1. The first-order valence-corrected chi connectivity index (χ1v) is 10.2. The third-order valence-corrected chi connectivity index (χ3v) is 6.28. The number of nitrogens with one attached hydrogen (secondary N) is 1. The molecule has 1 atom stereocenters. The summed E-state index contributed by atoms with van der Waals surface area (Å²) in [5, 5.41) is 2.78. The van der Waals surface area contributed by atoms with Crippen LogP contribution in [0.4, 0.5) is 9.18 Å². The van der Waals surface area contributed by atoms with E-state index in [0.717, 1.165) is 22.6 Å². The predicted molar refractivity (Wildman–Crippen MR) is 106 cm³/mol. The molecule has 148 valence electrons.